The number of amides is 1. The Kier molecular flexibility index (Phi) is 8.10. The standard InChI is InChI=1S/C21H32N2O3/c1-4-15(2)20(16(3)25)23-13-19-11-10-18-8-5-7-17(21(18)26-19)9-6-12-22-14-24/h5,7-8,14-15,19-20,23H,4,6,9-13H2,1-3H3,(H,22,24). The van der Waals surface area contributed by atoms with Gasteiger partial charge in [-0.3, -0.25) is 9.59 Å². The van der Waals surface area contributed by atoms with Crippen LogP contribution in [0.3, 0.4) is 0 Å². The highest BCUT2D eigenvalue weighted by molar-refractivity contribution is 5.81. The number of hydrogen-bond donors (Lipinski definition) is 2. The lowest BCUT2D eigenvalue weighted by Gasteiger charge is -2.30. The first-order valence-corrected chi connectivity index (χ1v) is 9.75. The van der Waals surface area contributed by atoms with Crippen molar-refractivity contribution >= 4 is 12.2 Å². The molecule has 0 bridgehead atoms. The number of hydrogen-bond acceptors (Lipinski definition) is 4. The molecule has 0 saturated heterocycles. The van der Waals surface area contributed by atoms with Crippen LogP contribution in [0.2, 0.25) is 0 Å². The smallest absolute Gasteiger partial charge is 0.207 e. The summed E-state index contributed by atoms with van der Waals surface area (Å²) in [6, 6.07) is 6.21. The molecular formula is C21H32N2O3. The molecule has 1 aromatic carbocycles. The SMILES string of the molecule is CCC(C)C(NCC1CCc2cccc(CCCNC=O)c2O1)C(C)=O. The molecule has 5 heteroatoms. The van der Waals surface area contributed by atoms with Crippen molar-refractivity contribution in [2.24, 2.45) is 5.92 Å². The molecule has 2 rings (SSSR count). The number of para-hydroxylation sites is 1. The van der Waals surface area contributed by atoms with Crippen molar-refractivity contribution < 1.29 is 14.3 Å². The zero-order chi connectivity index (χ0) is 18.9. The van der Waals surface area contributed by atoms with Gasteiger partial charge in [-0.25, -0.2) is 0 Å². The molecule has 5 nitrogen and oxygen atoms in total. The number of aryl methyl sites for hydroxylation is 2. The van der Waals surface area contributed by atoms with Crippen LogP contribution in [0.5, 0.6) is 5.75 Å². The molecule has 3 atom stereocenters. The molecule has 26 heavy (non-hydrogen) atoms. The first-order valence-electron chi connectivity index (χ1n) is 9.75. The monoisotopic (exact) mass is 360 g/mol. The van der Waals surface area contributed by atoms with Crippen molar-refractivity contribution in [3.05, 3.63) is 29.3 Å². The van der Waals surface area contributed by atoms with Gasteiger partial charge in [-0.1, -0.05) is 38.5 Å². The van der Waals surface area contributed by atoms with Crippen molar-refractivity contribution in [2.45, 2.75) is 65.0 Å². The third kappa shape index (κ3) is 5.56. The Bertz CT molecular complexity index is 603. The van der Waals surface area contributed by atoms with E-state index in [4.69, 9.17) is 4.74 Å². The highest BCUT2D eigenvalue weighted by atomic mass is 16.5. The maximum absolute atomic E-state index is 11.9. The Balaban J connectivity index is 1.96. The average Bonchev–Trinajstić information content (AvgIpc) is 2.65. The van der Waals surface area contributed by atoms with E-state index >= 15 is 0 Å². The van der Waals surface area contributed by atoms with E-state index in [1.807, 2.05) is 0 Å². The van der Waals surface area contributed by atoms with Gasteiger partial charge in [-0.05, 0) is 49.7 Å². The van der Waals surface area contributed by atoms with E-state index < -0.39 is 0 Å². The second-order valence-corrected chi connectivity index (χ2v) is 7.24. The quantitative estimate of drug-likeness (QED) is 0.470. The molecule has 0 aliphatic carbocycles. The molecule has 0 spiro atoms. The van der Waals surface area contributed by atoms with E-state index in [0.717, 1.165) is 44.3 Å². The Morgan fingerprint density at radius 1 is 1.42 bits per heavy atom. The van der Waals surface area contributed by atoms with E-state index in [-0.39, 0.29) is 17.9 Å². The van der Waals surface area contributed by atoms with Crippen molar-refractivity contribution in [3.8, 4) is 5.75 Å². The summed E-state index contributed by atoms with van der Waals surface area (Å²) < 4.78 is 6.30. The zero-order valence-corrected chi connectivity index (χ0v) is 16.2. The van der Waals surface area contributed by atoms with Gasteiger partial charge in [0.05, 0.1) is 6.04 Å². The molecule has 3 unspecified atom stereocenters. The van der Waals surface area contributed by atoms with Crippen LogP contribution in [0.1, 0.15) is 51.2 Å². The highest BCUT2D eigenvalue weighted by Crippen LogP contribution is 2.32. The largest absolute Gasteiger partial charge is 0.489 e. The fourth-order valence-corrected chi connectivity index (χ4v) is 3.55. The molecule has 144 valence electrons. The number of carbonyl (C=O) groups is 2. The number of Topliss-reactive ketones (excluding diaryl/α,β-unsaturated/α-hetero) is 1. The molecule has 0 aromatic heterocycles. The minimum atomic E-state index is -0.102. The van der Waals surface area contributed by atoms with Crippen molar-refractivity contribution in [2.75, 3.05) is 13.1 Å². The third-order valence-corrected chi connectivity index (χ3v) is 5.27. The number of nitrogens with one attached hydrogen (secondary N) is 2. The number of rotatable bonds is 11. The molecule has 1 aromatic rings. The molecule has 1 aliphatic heterocycles. The van der Waals surface area contributed by atoms with E-state index in [0.29, 0.717) is 19.0 Å². The van der Waals surface area contributed by atoms with E-state index in [2.05, 4.69) is 42.7 Å². The predicted octanol–water partition coefficient (Wildman–Crippen LogP) is 2.65. The summed E-state index contributed by atoms with van der Waals surface area (Å²) in [5.41, 5.74) is 2.46. The van der Waals surface area contributed by atoms with Gasteiger partial charge in [0.15, 0.2) is 0 Å². The summed E-state index contributed by atoms with van der Waals surface area (Å²) in [5.74, 6) is 1.52. The Hall–Kier alpha value is -1.88. The van der Waals surface area contributed by atoms with Crippen LogP contribution >= 0.6 is 0 Å². The van der Waals surface area contributed by atoms with Gasteiger partial charge in [0.25, 0.3) is 0 Å². The minimum absolute atomic E-state index is 0.0858. The van der Waals surface area contributed by atoms with Gasteiger partial charge in [-0.15, -0.1) is 0 Å². The van der Waals surface area contributed by atoms with Crippen molar-refractivity contribution in [1.29, 1.82) is 0 Å². The van der Waals surface area contributed by atoms with Gasteiger partial charge in [0.1, 0.15) is 17.6 Å². The van der Waals surface area contributed by atoms with Crippen LogP contribution in [0, 0.1) is 5.92 Å². The zero-order valence-electron chi connectivity index (χ0n) is 16.2. The Morgan fingerprint density at radius 2 is 2.23 bits per heavy atom. The maximum Gasteiger partial charge on any atom is 0.207 e. The van der Waals surface area contributed by atoms with Gasteiger partial charge in [0.2, 0.25) is 6.41 Å². The molecule has 0 saturated carbocycles. The lowest BCUT2D eigenvalue weighted by atomic mass is 9.94. The first-order chi connectivity index (χ1) is 12.6. The Morgan fingerprint density at radius 3 is 2.92 bits per heavy atom. The highest BCUT2D eigenvalue weighted by Gasteiger charge is 2.25. The molecular weight excluding hydrogens is 328 g/mol. The third-order valence-electron chi connectivity index (χ3n) is 5.27. The van der Waals surface area contributed by atoms with Crippen molar-refractivity contribution in [3.63, 3.8) is 0 Å². The fraction of sp³-hybridized carbons (Fsp3) is 0.619. The van der Waals surface area contributed by atoms with Crippen LogP contribution in [0.25, 0.3) is 0 Å². The van der Waals surface area contributed by atoms with Crippen LogP contribution in [0.4, 0.5) is 0 Å². The van der Waals surface area contributed by atoms with Gasteiger partial charge < -0.3 is 15.4 Å². The average molecular weight is 360 g/mol. The van der Waals surface area contributed by atoms with Crippen LogP contribution in [-0.4, -0.2) is 37.4 Å². The summed E-state index contributed by atoms with van der Waals surface area (Å²) in [4.78, 5) is 22.3. The summed E-state index contributed by atoms with van der Waals surface area (Å²) >= 11 is 0. The number of fused-ring (bicyclic) bond motifs is 1. The number of ether oxygens (including phenoxy) is 1. The van der Waals surface area contributed by atoms with Gasteiger partial charge >= 0.3 is 0 Å². The molecule has 2 N–H and O–H groups in total. The minimum Gasteiger partial charge on any atom is -0.489 e. The van der Waals surface area contributed by atoms with Crippen LogP contribution in [0.15, 0.2) is 18.2 Å². The normalized spacial score (nSPS) is 18.3. The molecule has 1 aliphatic rings. The lowest BCUT2D eigenvalue weighted by molar-refractivity contribution is -0.120. The van der Waals surface area contributed by atoms with Gasteiger partial charge in [0, 0.05) is 13.1 Å². The maximum atomic E-state index is 11.9. The number of ketones is 1. The van der Waals surface area contributed by atoms with Gasteiger partial charge in [-0.2, -0.15) is 0 Å². The second kappa shape index (κ2) is 10.3. The van der Waals surface area contributed by atoms with Crippen molar-refractivity contribution in [1.82, 2.24) is 10.6 Å². The molecule has 1 amide bonds. The number of benzene rings is 1. The van der Waals surface area contributed by atoms with Crippen LogP contribution < -0.4 is 15.4 Å². The van der Waals surface area contributed by atoms with Crippen LogP contribution in [-0.2, 0) is 22.4 Å². The summed E-state index contributed by atoms with van der Waals surface area (Å²) in [6.07, 6.45) is 5.53. The first kappa shape index (κ1) is 20.4. The predicted molar refractivity (Wildman–Crippen MR) is 103 cm³/mol. The van der Waals surface area contributed by atoms with E-state index in [9.17, 15) is 9.59 Å². The second-order valence-electron chi connectivity index (χ2n) is 7.24. The van der Waals surface area contributed by atoms with E-state index in [1.165, 1.54) is 11.1 Å². The lowest BCUT2D eigenvalue weighted by Crippen LogP contribution is -2.46. The summed E-state index contributed by atoms with van der Waals surface area (Å²) in [5, 5.41) is 6.13. The molecule has 0 fully saturated rings. The molecule has 1 heterocycles. The summed E-state index contributed by atoms with van der Waals surface area (Å²) in [7, 11) is 0. The fourth-order valence-electron chi connectivity index (χ4n) is 3.55. The topological polar surface area (TPSA) is 67.4 Å². The Labute approximate surface area is 156 Å². The molecule has 0 radical (unpaired) electrons. The van der Waals surface area contributed by atoms with E-state index in [1.54, 1.807) is 6.92 Å². The summed E-state index contributed by atoms with van der Waals surface area (Å²) in [6.45, 7) is 7.25. The number of carbonyl (C=O) groups excluding carboxylic acids is 2.